The number of hydrogen-bond acceptors (Lipinski definition) is 4. The molecule has 0 saturated carbocycles. The van der Waals surface area contributed by atoms with Gasteiger partial charge in [0.05, 0.1) is 0 Å². The zero-order valence-electron chi connectivity index (χ0n) is 16.0. The number of aliphatic carboxylic acids is 1. The zero-order chi connectivity index (χ0) is 19.7. The molecule has 146 valence electrons. The maximum Gasteiger partial charge on any atom is 0.348 e. The van der Waals surface area contributed by atoms with Crippen LogP contribution in [0.2, 0.25) is 0 Å². The van der Waals surface area contributed by atoms with E-state index in [1.165, 1.54) is 0 Å². The molecule has 5 heteroatoms. The molecule has 2 aliphatic heterocycles. The van der Waals surface area contributed by atoms with Crippen molar-refractivity contribution in [1.82, 2.24) is 4.90 Å². The van der Waals surface area contributed by atoms with Crippen LogP contribution < -0.4 is 0 Å². The number of carbonyl (C=O) groups is 2. The molecule has 2 atom stereocenters. The van der Waals surface area contributed by atoms with Crippen LogP contribution in [-0.4, -0.2) is 46.7 Å². The molecule has 0 aliphatic carbocycles. The van der Waals surface area contributed by atoms with E-state index in [1.54, 1.807) is 0 Å². The number of carboxylic acids is 1. The van der Waals surface area contributed by atoms with Crippen molar-refractivity contribution in [2.45, 2.75) is 49.3 Å². The summed E-state index contributed by atoms with van der Waals surface area (Å²) in [5, 5.41) is 10.0. The minimum atomic E-state index is -1.45. The van der Waals surface area contributed by atoms with Crippen molar-refractivity contribution in [3.63, 3.8) is 0 Å². The quantitative estimate of drug-likeness (QED) is 0.806. The lowest BCUT2D eigenvalue weighted by atomic mass is 9.85. The van der Waals surface area contributed by atoms with Gasteiger partial charge in [0.15, 0.2) is 0 Å². The molecule has 2 heterocycles. The van der Waals surface area contributed by atoms with E-state index in [0.717, 1.165) is 24.0 Å². The van der Waals surface area contributed by atoms with Gasteiger partial charge < -0.3 is 14.7 Å². The first-order valence-corrected chi connectivity index (χ1v) is 9.78. The predicted octanol–water partition coefficient (Wildman–Crippen LogP) is 3.44. The van der Waals surface area contributed by atoms with Crippen LogP contribution in [0.25, 0.3) is 0 Å². The Hall–Kier alpha value is -2.66. The normalized spacial score (nSPS) is 26.9. The molecular formula is C23H25NO4. The standard InChI is InChI=1S/C23H25NO4/c1-24-18-12-13-19(24)15-23(14-18,22(26)27)28-21(25)20(16-8-4-2-5-9-16)17-10-6-3-7-11-17/h2-11,18-20H,12-15H2,1H3,(H,26,27). The first kappa shape index (κ1) is 18.7. The summed E-state index contributed by atoms with van der Waals surface area (Å²) in [7, 11) is 2.03. The molecule has 28 heavy (non-hydrogen) atoms. The van der Waals surface area contributed by atoms with Gasteiger partial charge in [-0.05, 0) is 31.0 Å². The summed E-state index contributed by atoms with van der Waals surface area (Å²) < 4.78 is 5.88. The minimum absolute atomic E-state index is 0.148. The lowest BCUT2D eigenvalue weighted by Crippen LogP contribution is -2.56. The summed E-state index contributed by atoms with van der Waals surface area (Å²) in [6, 6.07) is 19.1. The topological polar surface area (TPSA) is 66.8 Å². The number of hydrogen-bond donors (Lipinski definition) is 1. The monoisotopic (exact) mass is 379 g/mol. The first-order valence-electron chi connectivity index (χ1n) is 9.78. The molecule has 2 unspecified atom stereocenters. The van der Waals surface area contributed by atoms with Crippen molar-refractivity contribution in [3.8, 4) is 0 Å². The second-order valence-electron chi connectivity index (χ2n) is 7.93. The Bertz CT molecular complexity index is 798. The number of benzene rings is 2. The van der Waals surface area contributed by atoms with Gasteiger partial charge in [0.1, 0.15) is 5.92 Å². The van der Waals surface area contributed by atoms with Gasteiger partial charge in [0.2, 0.25) is 5.60 Å². The number of rotatable bonds is 5. The molecule has 1 N–H and O–H groups in total. The van der Waals surface area contributed by atoms with E-state index in [4.69, 9.17) is 4.74 Å². The molecule has 0 radical (unpaired) electrons. The maximum absolute atomic E-state index is 13.3. The van der Waals surface area contributed by atoms with Crippen molar-refractivity contribution in [3.05, 3.63) is 71.8 Å². The largest absolute Gasteiger partial charge is 0.478 e. The van der Waals surface area contributed by atoms with E-state index in [2.05, 4.69) is 4.90 Å². The van der Waals surface area contributed by atoms with Crippen molar-refractivity contribution < 1.29 is 19.4 Å². The van der Waals surface area contributed by atoms with Gasteiger partial charge in [-0.15, -0.1) is 0 Å². The van der Waals surface area contributed by atoms with Crippen LogP contribution in [0.3, 0.4) is 0 Å². The summed E-state index contributed by atoms with van der Waals surface area (Å²) >= 11 is 0. The molecule has 0 spiro atoms. The van der Waals surface area contributed by atoms with Gasteiger partial charge in [0.25, 0.3) is 0 Å². The second-order valence-corrected chi connectivity index (χ2v) is 7.93. The van der Waals surface area contributed by atoms with Gasteiger partial charge >= 0.3 is 11.9 Å². The number of nitrogens with zero attached hydrogens (tertiary/aromatic N) is 1. The van der Waals surface area contributed by atoms with E-state index < -0.39 is 23.5 Å². The molecular weight excluding hydrogens is 354 g/mol. The number of esters is 1. The van der Waals surface area contributed by atoms with E-state index in [0.29, 0.717) is 12.8 Å². The minimum Gasteiger partial charge on any atom is -0.478 e. The van der Waals surface area contributed by atoms with E-state index in [-0.39, 0.29) is 12.1 Å². The molecule has 4 rings (SSSR count). The Labute approximate surface area is 164 Å². The molecule has 0 amide bonds. The third-order valence-corrected chi connectivity index (χ3v) is 6.30. The maximum atomic E-state index is 13.3. The summed E-state index contributed by atoms with van der Waals surface area (Å²) in [4.78, 5) is 27.8. The van der Waals surface area contributed by atoms with Crippen molar-refractivity contribution in [2.24, 2.45) is 0 Å². The van der Waals surface area contributed by atoms with Crippen LogP contribution in [0.5, 0.6) is 0 Å². The Kier molecular flexibility index (Phi) is 4.94. The number of carboxylic acid groups (broad SMARTS) is 1. The van der Waals surface area contributed by atoms with Crippen LogP contribution in [-0.2, 0) is 14.3 Å². The Morgan fingerprint density at radius 3 is 1.86 bits per heavy atom. The summed E-state index contributed by atoms with van der Waals surface area (Å²) in [6.07, 6.45) is 2.60. The highest BCUT2D eigenvalue weighted by molar-refractivity contribution is 5.87. The van der Waals surface area contributed by atoms with E-state index in [9.17, 15) is 14.7 Å². The fourth-order valence-electron chi connectivity index (χ4n) is 4.74. The van der Waals surface area contributed by atoms with E-state index in [1.807, 2.05) is 67.7 Å². The highest BCUT2D eigenvalue weighted by atomic mass is 16.6. The van der Waals surface area contributed by atoms with Crippen LogP contribution in [0.1, 0.15) is 42.7 Å². The van der Waals surface area contributed by atoms with Crippen LogP contribution in [0, 0.1) is 0 Å². The average Bonchev–Trinajstić information content (AvgIpc) is 2.91. The number of fused-ring (bicyclic) bond motifs is 2. The van der Waals surface area contributed by atoms with Crippen LogP contribution in [0.15, 0.2) is 60.7 Å². The molecule has 2 bridgehead atoms. The first-order chi connectivity index (χ1) is 13.5. The smallest absolute Gasteiger partial charge is 0.348 e. The predicted molar refractivity (Wildman–Crippen MR) is 105 cm³/mol. The molecule has 2 saturated heterocycles. The molecule has 2 aromatic carbocycles. The summed E-state index contributed by atoms with van der Waals surface area (Å²) in [6.45, 7) is 0. The Morgan fingerprint density at radius 2 is 1.43 bits per heavy atom. The fraction of sp³-hybridized carbons (Fsp3) is 0.391. The van der Waals surface area contributed by atoms with Crippen LogP contribution in [0.4, 0.5) is 0 Å². The van der Waals surface area contributed by atoms with E-state index >= 15 is 0 Å². The Morgan fingerprint density at radius 1 is 0.964 bits per heavy atom. The van der Waals surface area contributed by atoms with Gasteiger partial charge in [-0.25, -0.2) is 4.79 Å². The number of ether oxygens (including phenoxy) is 1. The molecule has 2 aliphatic rings. The molecule has 2 aromatic rings. The highest BCUT2D eigenvalue weighted by Crippen LogP contribution is 2.43. The van der Waals surface area contributed by atoms with Crippen molar-refractivity contribution >= 4 is 11.9 Å². The summed E-state index contributed by atoms with van der Waals surface area (Å²) in [5.41, 5.74) is 0.155. The zero-order valence-corrected chi connectivity index (χ0v) is 16.0. The lowest BCUT2D eigenvalue weighted by Gasteiger charge is -2.42. The number of piperidine rings is 1. The third-order valence-electron chi connectivity index (χ3n) is 6.30. The second kappa shape index (κ2) is 7.40. The highest BCUT2D eigenvalue weighted by Gasteiger charge is 2.54. The summed E-state index contributed by atoms with van der Waals surface area (Å²) in [5.74, 6) is -2.18. The van der Waals surface area contributed by atoms with Gasteiger partial charge in [-0.3, -0.25) is 4.79 Å². The third kappa shape index (κ3) is 3.31. The SMILES string of the molecule is CN1C2CCC1CC(OC(=O)C(c1ccccc1)c1ccccc1)(C(=O)O)C2. The van der Waals surface area contributed by atoms with Gasteiger partial charge in [-0.2, -0.15) is 0 Å². The van der Waals surface area contributed by atoms with Gasteiger partial charge in [0, 0.05) is 24.9 Å². The van der Waals surface area contributed by atoms with Crippen LogP contribution >= 0.6 is 0 Å². The number of carbonyl (C=O) groups excluding carboxylic acids is 1. The lowest BCUT2D eigenvalue weighted by molar-refractivity contribution is -0.187. The molecule has 5 nitrogen and oxygen atoms in total. The van der Waals surface area contributed by atoms with Crippen molar-refractivity contribution in [1.29, 1.82) is 0 Å². The Balaban J connectivity index is 1.66. The fourth-order valence-corrected chi connectivity index (χ4v) is 4.74. The molecule has 0 aromatic heterocycles. The average molecular weight is 379 g/mol. The molecule has 2 fully saturated rings. The van der Waals surface area contributed by atoms with Gasteiger partial charge in [-0.1, -0.05) is 60.7 Å². The van der Waals surface area contributed by atoms with Crippen molar-refractivity contribution in [2.75, 3.05) is 7.05 Å².